The van der Waals surface area contributed by atoms with Gasteiger partial charge >= 0.3 is 0 Å². The number of para-hydroxylation sites is 1. The van der Waals surface area contributed by atoms with Crippen LogP contribution in [0.5, 0.6) is 0 Å². The Hall–Kier alpha value is -3.73. The first-order valence-electron chi connectivity index (χ1n) is 9.95. The molecule has 1 amide bonds. The third kappa shape index (κ3) is 4.15. The molecule has 5 heteroatoms. The predicted octanol–water partition coefficient (Wildman–Crippen LogP) is 3.65. The summed E-state index contributed by atoms with van der Waals surface area (Å²) in [4.78, 5) is 29.7. The van der Waals surface area contributed by atoms with Crippen molar-refractivity contribution in [3.05, 3.63) is 112 Å². The minimum Gasteiger partial charge on any atom is -0.354 e. The van der Waals surface area contributed by atoms with Crippen LogP contribution < -0.4 is 10.9 Å². The van der Waals surface area contributed by atoms with Gasteiger partial charge in [0.25, 0.3) is 5.56 Å². The van der Waals surface area contributed by atoms with E-state index in [1.807, 2.05) is 55.5 Å². The van der Waals surface area contributed by atoms with Crippen LogP contribution in [-0.2, 0) is 11.3 Å². The van der Waals surface area contributed by atoms with Crippen LogP contribution in [0.2, 0.25) is 0 Å². The lowest BCUT2D eigenvalue weighted by Gasteiger charge is -2.19. The second kappa shape index (κ2) is 8.74. The first-order valence-corrected chi connectivity index (χ1v) is 9.95. The number of rotatable bonds is 6. The summed E-state index contributed by atoms with van der Waals surface area (Å²) in [5, 5.41) is 3.51. The molecule has 1 heterocycles. The molecule has 30 heavy (non-hydrogen) atoms. The summed E-state index contributed by atoms with van der Waals surface area (Å²) in [5.41, 5.74) is 3.66. The lowest BCUT2D eigenvalue weighted by molar-refractivity contribution is -0.121. The van der Waals surface area contributed by atoms with Gasteiger partial charge in [-0.25, -0.2) is 4.98 Å². The Labute approximate surface area is 175 Å². The standard InChI is InChI=1S/C25H23N3O2/c1-18-9-8-14-21-24(18)27-17-28(25(21)30)16-23(29)26-15-22(19-10-4-2-5-11-19)20-12-6-3-7-13-20/h2-14,17,22H,15-16H2,1H3,(H,26,29). The fraction of sp³-hybridized carbons (Fsp3) is 0.160. The molecule has 0 aliphatic carbocycles. The van der Waals surface area contributed by atoms with Crippen molar-refractivity contribution in [1.29, 1.82) is 0 Å². The highest BCUT2D eigenvalue weighted by Gasteiger charge is 2.16. The van der Waals surface area contributed by atoms with E-state index in [1.54, 1.807) is 6.07 Å². The molecule has 0 aliphatic rings. The van der Waals surface area contributed by atoms with Gasteiger partial charge in [-0.05, 0) is 29.7 Å². The summed E-state index contributed by atoms with van der Waals surface area (Å²) in [5.74, 6) is -0.187. The molecule has 3 aromatic carbocycles. The number of hydrogen-bond acceptors (Lipinski definition) is 3. The lowest BCUT2D eigenvalue weighted by atomic mass is 9.91. The molecule has 1 N–H and O–H groups in total. The second-order valence-corrected chi connectivity index (χ2v) is 7.33. The van der Waals surface area contributed by atoms with Crippen LogP contribution in [0.4, 0.5) is 0 Å². The zero-order valence-corrected chi connectivity index (χ0v) is 16.8. The van der Waals surface area contributed by atoms with Crippen LogP contribution in [0.3, 0.4) is 0 Å². The number of aromatic nitrogens is 2. The Morgan fingerprint density at radius 2 is 1.57 bits per heavy atom. The lowest BCUT2D eigenvalue weighted by Crippen LogP contribution is -2.35. The Morgan fingerprint density at radius 3 is 2.20 bits per heavy atom. The fourth-order valence-corrected chi connectivity index (χ4v) is 3.68. The minimum atomic E-state index is -0.220. The van der Waals surface area contributed by atoms with Crippen molar-refractivity contribution in [2.75, 3.05) is 6.54 Å². The number of benzene rings is 3. The topological polar surface area (TPSA) is 64.0 Å². The van der Waals surface area contributed by atoms with Crippen LogP contribution in [0, 0.1) is 6.92 Å². The molecule has 4 aromatic rings. The molecule has 0 fully saturated rings. The van der Waals surface area contributed by atoms with Crippen LogP contribution >= 0.6 is 0 Å². The van der Waals surface area contributed by atoms with Crippen LogP contribution in [-0.4, -0.2) is 22.0 Å². The molecule has 4 rings (SSSR count). The Balaban J connectivity index is 1.51. The molecule has 0 saturated heterocycles. The molecular formula is C25H23N3O2. The molecular weight excluding hydrogens is 374 g/mol. The van der Waals surface area contributed by atoms with Crippen molar-refractivity contribution >= 4 is 16.8 Å². The molecule has 0 bridgehead atoms. The predicted molar refractivity (Wildman–Crippen MR) is 118 cm³/mol. The van der Waals surface area contributed by atoms with Crippen molar-refractivity contribution in [3.8, 4) is 0 Å². The molecule has 150 valence electrons. The molecule has 0 spiro atoms. The minimum absolute atomic E-state index is 0.0328. The van der Waals surface area contributed by atoms with Gasteiger partial charge in [-0.1, -0.05) is 72.8 Å². The number of nitrogens with zero attached hydrogens (tertiary/aromatic N) is 2. The van der Waals surface area contributed by atoms with E-state index < -0.39 is 0 Å². The monoisotopic (exact) mass is 397 g/mol. The normalized spacial score (nSPS) is 11.0. The average molecular weight is 397 g/mol. The fourth-order valence-electron chi connectivity index (χ4n) is 3.68. The first kappa shape index (κ1) is 19.6. The van der Waals surface area contributed by atoms with Crippen molar-refractivity contribution in [1.82, 2.24) is 14.9 Å². The van der Waals surface area contributed by atoms with Gasteiger partial charge < -0.3 is 5.32 Å². The Bertz CT molecular complexity index is 1180. The van der Waals surface area contributed by atoms with Gasteiger partial charge in [0.2, 0.25) is 5.91 Å². The number of amides is 1. The van der Waals surface area contributed by atoms with Crippen molar-refractivity contribution in [2.24, 2.45) is 0 Å². The summed E-state index contributed by atoms with van der Waals surface area (Å²) in [7, 11) is 0. The third-order valence-corrected chi connectivity index (χ3v) is 5.28. The molecule has 0 aliphatic heterocycles. The Morgan fingerprint density at radius 1 is 0.933 bits per heavy atom. The van der Waals surface area contributed by atoms with Gasteiger partial charge in [-0.2, -0.15) is 0 Å². The third-order valence-electron chi connectivity index (χ3n) is 5.28. The van der Waals surface area contributed by atoms with E-state index >= 15 is 0 Å². The quantitative estimate of drug-likeness (QED) is 0.540. The molecule has 0 radical (unpaired) electrons. The van der Waals surface area contributed by atoms with Crippen LogP contribution in [0.15, 0.2) is 90.0 Å². The SMILES string of the molecule is Cc1cccc2c(=O)n(CC(=O)NCC(c3ccccc3)c3ccccc3)cnc12. The largest absolute Gasteiger partial charge is 0.354 e. The highest BCUT2D eigenvalue weighted by Crippen LogP contribution is 2.23. The first-order chi connectivity index (χ1) is 14.6. The smallest absolute Gasteiger partial charge is 0.261 e. The number of hydrogen-bond donors (Lipinski definition) is 1. The van der Waals surface area contributed by atoms with Crippen LogP contribution in [0.1, 0.15) is 22.6 Å². The summed E-state index contributed by atoms with van der Waals surface area (Å²) in [6.07, 6.45) is 1.45. The maximum Gasteiger partial charge on any atom is 0.261 e. The van der Waals surface area contributed by atoms with Gasteiger partial charge in [0.05, 0.1) is 17.2 Å². The van der Waals surface area contributed by atoms with E-state index in [0.717, 1.165) is 16.7 Å². The molecule has 0 atom stereocenters. The van der Waals surface area contributed by atoms with E-state index in [0.29, 0.717) is 17.4 Å². The molecule has 1 aromatic heterocycles. The number of fused-ring (bicyclic) bond motifs is 1. The van der Waals surface area contributed by atoms with E-state index in [4.69, 9.17) is 0 Å². The highest BCUT2D eigenvalue weighted by molar-refractivity contribution is 5.81. The molecule has 0 unspecified atom stereocenters. The summed E-state index contributed by atoms with van der Waals surface area (Å²) in [6, 6.07) is 25.7. The zero-order chi connectivity index (χ0) is 20.9. The second-order valence-electron chi connectivity index (χ2n) is 7.33. The maximum atomic E-state index is 12.7. The van der Waals surface area contributed by atoms with E-state index in [-0.39, 0.29) is 23.9 Å². The van der Waals surface area contributed by atoms with Crippen molar-refractivity contribution < 1.29 is 4.79 Å². The van der Waals surface area contributed by atoms with Crippen molar-refractivity contribution in [3.63, 3.8) is 0 Å². The molecule has 5 nitrogen and oxygen atoms in total. The summed E-state index contributed by atoms with van der Waals surface area (Å²) in [6.45, 7) is 2.30. The maximum absolute atomic E-state index is 12.7. The number of carbonyl (C=O) groups is 1. The average Bonchev–Trinajstić information content (AvgIpc) is 2.78. The summed E-state index contributed by atoms with van der Waals surface area (Å²) < 4.78 is 1.36. The van der Waals surface area contributed by atoms with E-state index in [9.17, 15) is 9.59 Å². The van der Waals surface area contributed by atoms with Gasteiger partial charge in [-0.15, -0.1) is 0 Å². The summed E-state index contributed by atoms with van der Waals surface area (Å²) >= 11 is 0. The van der Waals surface area contributed by atoms with Gasteiger partial charge in [0, 0.05) is 12.5 Å². The number of nitrogens with one attached hydrogen (secondary N) is 1. The van der Waals surface area contributed by atoms with Gasteiger partial charge in [0.1, 0.15) is 6.54 Å². The van der Waals surface area contributed by atoms with E-state index in [2.05, 4.69) is 34.6 Å². The van der Waals surface area contributed by atoms with Crippen LogP contribution in [0.25, 0.3) is 10.9 Å². The Kier molecular flexibility index (Phi) is 5.70. The van der Waals surface area contributed by atoms with Crippen molar-refractivity contribution in [2.45, 2.75) is 19.4 Å². The number of carbonyl (C=O) groups excluding carboxylic acids is 1. The van der Waals surface area contributed by atoms with Gasteiger partial charge in [-0.3, -0.25) is 14.2 Å². The number of aryl methyl sites for hydroxylation is 1. The highest BCUT2D eigenvalue weighted by atomic mass is 16.2. The zero-order valence-electron chi connectivity index (χ0n) is 16.8. The molecule has 0 saturated carbocycles. The van der Waals surface area contributed by atoms with Gasteiger partial charge in [0.15, 0.2) is 0 Å². The van der Waals surface area contributed by atoms with E-state index in [1.165, 1.54) is 10.9 Å².